The number of rotatable bonds is 12. The highest BCUT2D eigenvalue weighted by Gasteiger charge is 2.21. The molecule has 0 saturated heterocycles. The Balaban J connectivity index is 0.956. The number of hydrogen-bond donors (Lipinski definition) is 0. The lowest BCUT2D eigenvalue weighted by Gasteiger charge is -2.30. The van der Waals surface area contributed by atoms with Gasteiger partial charge in [0, 0.05) is 68.2 Å². The zero-order valence-electron chi connectivity index (χ0n) is 39.6. The molecule has 1 atom stereocenters. The highest BCUT2D eigenvalue weighted by molar-refractivity contribution is 5.92. The van der Waals surface area contributed by atoms with Crippen molar-refractivity contribution in [2.45, 2.75) is 13.3 Å². The van der Waals surface area contributed by atoms with Crippen LogP contribution in [0.5, 0.6) is 0 Å². The van der Waals surface area contributed by atoms with Gasteiger partial charge in [0.05, 0.1) is 0 Å². The maximum absolute atomic E-state index is 2.36. The Morgan fingerprint density at radius 3 is 0.930 bits per heavy atom. The number of para-hydroxylation sites is 3. The summed E-state index contributed by atoms with van der Waals surface area (Å²) >= 11 is 0. The molecule has 0 saturated carbocycles. The Bertz CT molecular complexity index is 3460. The molecule has 0 aliphatic heterocycles. The van der Waals surface area contributed by atoms with Crippen molar-refractivity contribution in [3.8, 4) is 0 Å². The summed E-state index contributed by atoms with van der Waals surface area (Å²) in [6, 6.07) is 96.4. The van der Waals surface area contributed by atoms with Crippen LogP contribution in [0.25, 0.3) is 27.6 Å². The van der Waals surface area contributed by atoms with Crippen molar-refractivity contribution >= 4 is 95.9 Å². The molecule has 4 nitrogen and oxygen atoms in total. The second kappa shape index (κ2) is 19.1. The maximum Gasteiger partial charge on any atom is 0.0468 e. The number of benzene rings is 11. The van der Waals surface area contributed by atoms with Crippen LogP contribution in [0.2, 0.25) is 0 Å². The molecule has 12 rings (SSSR count). The maximum atomic E-state index is 2.36. The topological polar surface area (TPSA) is 13.0 Å². The predicted molar refractivity (Wildman–Crippen MR) is 302 cm³/mol. The van der Waals surface area contributed by atoms with E-state index in [2.05, 4.69) is 306 Å². The zero-order valence-corrected chi connectivity index (χ0v) is 39.6. The van der Waals surface area contributed by atoms with Crippen molar-refractivity contribution in [1.29, 1.82) is 0 Å². The summed E-state index contributed by atoms with van der Waals surface area (Å²) in [6.45, 7) is 2.29. The van der Waals surface area contributed by atoms with E-state index < -0.39 is 0 Å². The van der Waals surface area contributed by atoms with Gasteiger partial charge in [0.2, 0.25) is 0 Å². The molecule has 0 heterocycles. The van der Waals surface area contributed by atoms with E-state index >= 15 is 0 Å². The van der Waals surface area contributed by atoms with Crippen LogP contribution >= 0.6 is 0 Å². The molecule has 11 aromatic carbocycles. The molecule has 340 valence electrons. The van der Waals surface area contributed by atoms with E-state index in [-0.39, 0.29) is 0 Å². The molecule has 0 fully saturated rings. The molecule has 0 aromatic heterocycles. The summed E-state index contributed by atoms with van der Waals surface area (Å²) < 4.78 is 0. The van der Waals surface area contributed by atoms with Crippen LogP contribution < -0.4 is 19.6 Å². The minimum absolute atomic E-state index is 0.543. The number of fused-ring (bicyclic) bond motifs is 3. The smallest absolute Gasteiger partial charge is 0.0468 e. The van der Waals surface area contributed by atoms with Gasteiger partial charge in [-0.05, 0) is 191 Å². The Labute approximate surface area is 416 Å². The normalized spacial score (nSPS) is 12.9. The van der Waals surface area contributed by atoms with Crippen molar-refractivity contribution in [3.63, 3.8) is 0 Å². The van der Waals surface area contributed by atoms with Crippen LogP contribution in [-0.4, -0.2) is 0 Å². The molecule has 1 aliphatic carbocycles. The molecule has 11 aromatic rings. The monoisotopic (exact) mass is 912 g/mol. The third kappa shape index (κ3) is 8.80. The lowest BCUT2D eigenvalue weighted by Crippen LogP contribution is -2.14. The Morgan fingerprint density at radius 2 is 0.549 bits per heavy atom. The molecule has 0 spiro atoms. The highest BCUT2D eigenvalue weighted by Crippen LogP contribution is 2.44. The Hall–Kier alpha value is -9.12. The number of nitrogens with zero attached hydrogens (tertiary/aromatic N) is 4. The van der Waals surface area contributed by atoms with E-state index in [0.29, 0.717) is 5.92 Å². The third-order valence-electron chi connectivity index (χ3n) is 13.7. The van der Waals surface area contributed by atoms with Gasteiger partial charge >= 0.3 is 0 Å². The molecule has 71 heavy (non-hydrogen) atoms. The molecule has 0 N–H and O–H groups in total. The molecule has 0 radical (unpaired) electrons. The standard InChI is InChI=1S/C67H52N4/c1-49-25-26-55-48-67(32-29-54(55)45-49)71(58-23-9-4-10-24-58)64-43-37-61(38-44-64)68(59-33-39-62(40-34-59)69(56-19-5-2-6-20-56)65-30-27-50-15-11-13-17-52(50)46-65)60-35-41-63(42-36-60)70(57-21-7-3-8-22-57)66-31-28-51-16-12-14-18-53(51)47-66/h2-44,46-49H,45H2,1H3. The summed E-state index contributed by atoms with van der Waals surface area (Å²) in [4.78, 5) is 9.40. The van der Waals surface area contributed by atoms with E-state index in [0.717, 1.165) is 74.7 Å². The van der Waals surface area contributed by atoms with Crippen LogP contribution in [0.4, 0.5) is 68.2 Å². The quantitative estimate of drug-likeness (QED) is 0.121. The summed E-state index contributed by atoms with van der Waals surface area (Å²) in [7, 11) is 0. The summed E-state index contributed by atoms with van der Waals surface area (Å²) in [5, 5.41) is 4.85. The predicted octanol–water partition coefficient (Wildman–Crippen LogP) is 19.1. The van der Waals surface area contributed by atoms with E-state index in [1.807, 2.05) is 0 Å². The SMILES string of the molecule is CC1C=Cc2cc(N(c3ccccc3)c3ccc(N(c4ccc(N(c5ccccc5)c5ccc6ccccc6c5)cc4)c4ccc(N(c5ccccc5)c5ccc6ccccc6c5)cc4)cc3)ccc2C1. The average molecular weight is 913 g/mol. The van der Waals surface area contributed by atoms with Gasteiger partial charge in [-0.3, -0.25) is 0 Å². The highest BCUT2D eigenvalue weighted by atomic mass is 15.2. The summed E-state index contributed by atoms with van der Waals surface area (Å²) in [5.74, 6) is 0.543. The van der Waals surface area contributed by atoms with Crippen LogP contribution in [0.3, 0.4) is 0 Å². The van der Waals surface area contributed by atoms with Gasteiger partial charge < -0.3 is 19.6 Å². The van der Waals surface area contributed by atoms with Crippen LogP contribution in [0.1, 0.15) is 18.1 Å². The van der Waals surface area contributed by atoms with Crippen LogP contribution in [0.15, 0.2) is 273 Å². The van der Waals surface area contributed by atoms with Crippen molar-refractivity contribution in [2.24, 2.45) is 5.92 Å². The second-order valence-corrected chi connectivity index (χ2v) is 18.4. The number of allylic oxidation sites excluding steroid dienone is 1. The summed E-state index contributed by atoms with van der Waals surface area (Å²) in [6.07, 6.45) is 5.67. The fourth-order valence-electron chi connectivity index (χ4n) is 10.1. The van der Waals surface area contributed by atoms with E-state index in [9.17, 15) is 0 Å². The van der Waals surface area contributed by atoms with Crippen molar-refractivity contribution in [3.05, 3.63) is 284 Å². The fraction of sp³-hybridized carbons (Fsp3) is 0.0448. The molecular weight excluding hydrogens is 861 g/mol. The van der Waals surface area contributed by atoms with Gasteiger partial charge in [0.1, 0.15) is 0 Å². The average Bonchev–Trinajstić information content (AvgIpc) is 3.43. The molecule has 0 bridgehead atoms. The first-order valence-electron chi connectivity index (χ1n) is 24.5. The lowest BCUT2D eigenvalue weighted by molar-refractivity contribution is 0.717. The molecule has 0 amide bonds. The first-order valence-corrected chi connectivity index (χ1v) is 24.5. The van der Waals surface area contributed by atoms with Gasteiger partial charge in [-0.1, -0.05) is 140 Å². The van der Waals surface area contributed by atoms with Crippen molar-refractivity contribution in [2.75, 3.05) is 19.6 Å². The first kappa shape index (κ1) is 43.2. The van der Waals surface area contributed by atoms with Crippen LogP contribution in [0, 0.1) is 5.92 Å². The zero-order chi connectivity index (χ0) is 47.5. The second-order valence-electron chi connectivity index (χ2n) is 18.4. The number of hydrogen-bond acceptors (Lipinski definition) is 4. The minimum Gasteiger partial charge on any atom is -0.310 e. The minimum atomic E-state index is 0.543. The van der Waals surface area contributed by atoms with Gasteiger partial charge in [0.15, 0.2) is 0 Å². The van der Waals surface area contributed by atoms with Crippen LogP contribution in [-0.2, 0) is 6.42 Å². The van der Waals surface area contributed by atoms with Gasteiger partial charge in [-0.15, -0.1) is 0 Å². The third-order valence-corrected chi connectivity index (χ3v) is 13.7. The first-order chi connectivity index (χ1) is 35.1. The molecular formula is C67H52N4. The van der Waals surface area contributed by atoms with E-state index in [1.165, 1.54) is 32.7 Å². The lowest BCUT2D eigenvalue weighted by atomic mass is 9.90. The fourth-order valence-corrected chi connectivity index (χ4v) is 10.1. The van der Waals surface area contributed by atoms with Crippen molar-refractivity contribution < 1.29 is 0 Å². The van der Waals surface area contributed by atoms with E-state index in [1.54, 1.807) is 0 Å². The van der Waals surface area contributed by atoms with Gasteiger partial charge in [0.25, 0.3) is 0 Å². The van der Waals surface area contributed by atoms with Gasteiger partial charge in [-0.2, -0.15) is 0 Å². The molecule has 4 heteroatoms. The Morgan fingerprint density at radius 1 is 0.268 bits per heavy atom. The largest absolute Gasteiger partial charge is 0.310 e. The Kier molecular flexibility index (Phi) is 11.6. The molecule has 1 aliphatic rings. The molecule has 1 unspecified atom stereocenters. The van der Waals surface area contributed by atoms with Crippen molar-refractivity contribution in [1.82, 2.24) is 0 Å². The van der Waals surface area contributed by atoms with E-state index in [4.69, 9.17) is 0 Å². The van der Waals surface area contributed by atoms with Gasteiger partial charge in [-0.25, -0.2) is 0 Å². The summed E-state index contributed by atoms with van der Waals surface area (Å²) in [5.41, 5.74) is 15.7. The number of anilines is 12.